The lowest BCUT2D eigenvalue weighted by Crippen LogP contribution is -2.14. The normalized spacial score (nSPS) is 8.80. The summed E-state index contributed by atoms with van der Waals surface area (Å²) in [6.07, 6.45) is 3.18. The van der Waals surface area contributed by atoms with E-state index in [1.54, 1.807) is 12.3 Å². The Bertz CT molecular complexity index is 332. The Morgan fingerprint density at radius 3 is 2.90 bits per heavy atom. The molecule has 0 saturated carbocycles. The predicted octanol–water partition coefficient (Wildman–Crippen LogP) is 0.486. The highest BCUT2D eigenvalue weighted by Crippen LogP contribution is 1.88. The average Bonchev–Trinajstić information content (AvgIpc) is 1.88. The first-order valence-corrected chi connectivity index (χ1v) is 2.83. The van der Waals surface area contributed by atoms with Crippen LogP contribution in [0.2, 0.25) is 0 Å². The lowest BCUT2D eigenvalue weighted by atomic mass is 10.3. The Balaban J connectivity index is 3.38. The van der Waals surface area contributed by atoms with Crippen LogP contribution in [-0.4, -0.2) is 4.57 Å². The molecule has 3 nitrogen and oxygen atoms in total. The molecule has 0 amide bonds. The van der Waals surface area contributed by atoms with Gasteiger partial charge in [-0.1, -0.05) is 0 Å². The van der Waals surface area contributed by atoms with E-state index in [0.717, 1.165) is 10.1 Å². The molecule has 10 heavy (non-hydrogen) atoms. The van der Waals surface area contributed by atoms with Crippen molar-refractivity contribution < 1.29 is 0 Å². The zero-order chi connectivity index (χ0) is 7.56. The monoisotopic (exact) mass is 134 g/mol. The molecule has 0 aromatic carbocycles. The van der Waals surface area contributed by atoms with Gasteiger partial charge < -0.3 is 0 Å². The minimum absolute atomic E-state index is 0.275. The van der Waals surface area contributed by atoms with Crippen molar-refractivity contribution in [3.05, 3.63) is 34.2 Å². The molecular weight excluding hydrogens is 128 g/mol. The maximum absolute atomic E-state index is 10.8. The number of rotatable bonds is 0. The first-order chi connectivity index (χ1) is 4.74. The van der Waals surface area contributed by atoms with Gasteiger partial charge in [-0.15, -0.1) is 0 Å². The van der Waals surface area contributed by atoms with E-state index in [2.05, 4.69) is 0 Å². The second-order valence-corrected chi connectivity index (χ2v) is 2.01. The molecule has 0 N–H and O–H groups in total. The van der Waals surface area contributed by atoms with Crippen LogP contribution in [0.3, 0.4) is 0 Å². The maximum atomic E-state index is 10.8. The molecule has 1 aromatic rings. The summed E-state index contributed by atoms with van der Waals surface area (Å²) in [5.74, 6) is 0. The zero-order valence-electron chi connectivity index (χ0n) is 5.53. The average molecular weight is 134 g/mol. The number of aryl methyl sites for hydroxylation is 1. The number of nitriles is 1. The molecule has 0 unspecified atom stereocenters. The van der Waals surface area contributed by atoms with Gasteiger partial charge in [0.25, 0.3) is 5.56 Å². The topological polar surface area (TPSA) is 45.8 Å². The van der Waals surface area contributed by atoms with Crippen molar-refractivity contribution in [2.45, 2.75) is 6.92 Å². The molecule has 0 aliphatic carbocycles. The van der Waals surface area contributed by atoms with Crippen LogP contribution in [0.1, 0.15) is 5.56 Å². The van der Waals surface area contributed by atoms with Crippen molar-refractivity contribution >= 4 is 0 Å². The molecule has 0 bridgehead atoms. The van der Waals surface area contributed by atoms with Gasteiger partial charge in [0, 0.05) is 12.3 Å². The highest BCUT2D eigenvalue weighted by molar-refractivity contribution is 5.10. The Hall–Kier alpha value is -1.56. The van der Waals surface area contributed by atoms with Gasteiger partial charge in [0.05, 0.1) is 0 Å². The molecule has 0 aliphatic heterocycles. The van der Waals surface area contributed by atoms with E-state index in [1.165, 1.54) is 12.3 Å². The van der Waals surface area contributed by atoms with Gasteiger partial charge in [-0.05, 0) is 18.6 Å². The minimum Gasteiger partial charge on any atom is -0.268 e. The zero-order valence-corrected chi connectivity index (χ0v) is 5.53. The predicted molar refractivity (Wildman–Crippen MR) is 36.5 cm³/mol. The molecule has 0 saturated heterocycles. The summed E-state index contributed by atoms with van der Waals surface area (Å²) < 4.78 is 0.979. The lowest BCUT2D eigenvalue weighted by Gasteiger charge is -1.91. The SMILES string of the molecule is Cc1ccn(C#N)c(=O)c1. The number of nitrogens with zero attached hydrogens (tertiary/aromatic N) is 2. The highest BCUT2D eigenvalue weighted by Gasteiger charge is 1.90. The van der Waals surface area contributed by atoms with Crippen LogP contribution >= 0.6 is 0 Å². The molecule has 0 aliphatic rings. The Labute approximate surface area is 58.1 Å². The van der Waals surface area contributed by atoms with Gasteiger partial charge in [0.2, 0.25) is 0 Å². The molecule has 3 heteroatoms. The van der Waals surface area contributed by atoms with Crippen molar-refractivity contribution in [3.8, 4) is 6.19 Å². The first kappa shape index (κ1) is 6.56. The number of hydrogen-bond donors (Lipinski definition) is 0. The van der Waals surface area contributed by atoms with Crippen LogP contribution in [0, 0.1) is 18.4 Å². The number of pyridine rings is 1. The van der Waals surface area contributed by atoms with Gasteiger partial charge in [0.1, 0.15) is 0 Å². The Kier molecular flexibility index (Phi) is 1.55. The van der Waals surface area contributed by atoms with E-state index in [-0.39, 0.29) is 5.56 Å². The summed E-state index contributed by atoms with van der Waals surface area (Å²) in [6.45, 7) is 1.81. The molecular formula is C7H6N2O. The van der Waals surface area contributed by atoms with Crippen LogP contribution in [0.25, 0.3) is 0 Å². The van der Waals surface area contributed by atoms with Crippen molar-refractivity contribution in [3.63, 3.8) is 0 Å². The van der Waals surface area contributed by atoms with E-state index >= 15 is 0 Å². The second-order valence-electron chi connectivity index (χ2n) is 2.01. The molecule has 0 spiro atoms. The number of hydrogen-bond acceptors (Lipinski definition) is 2. The fourth-order valence-corrected chi connectivity index (χ4v) is 0.661. The van der Waals surface area contributed by atoms with Gasteiger partial charge >= 0.3 is 0 Å². The molecule has 1 rings (SSSR count). The fraction of sp³-hybridized carbons (Fsp3) is 0.143. The minimum atomic E-state index is -0.275. The molecule has 1 aromatic heterocycles. The van der Waals surface area contributed by atoms with Crippen LogP contribution in [0.5, 0.6) is 0 Å². The van der Waals surface area contributed by atoms with Crippen LogP contribution in [0.4, 0.5) is 0 Å². The summed E-state index contributed by atoms with van der Waals surface area (Å²) in [5.41, 5.74) is 0.596. The van der Waals surface area contributed by atoms with Crippen molar-refractivity contribution in [1.82, 2.24) is 4.57 Å². The van der Waals surface area contributed by atoms with E-state index in [0.29, 0.717) is 0 Å². The van der Waals surface area contributed by atoms with Crippen LogP contribution in [-0.2, 0) is 0 Å². The maximum Gasteiger partial charge on any atom is 0.263 e. The fourth-order valence-electron chi connectivity index (χ4n) is 0.661. The smallest absolute Gasteiger partial charge is 0.263 e. The first-order valence-electron chi connectivity index (χ1n) is 2.83. The molecule has 0 atom stereocenters. The van der Waals surface area contributed by atoms with E-state index in [9.17, 15) is 4.79 Å². The largest absolute Gasteiger partial charge is 0.268 e. The summed E-state index contributed by atoms with van der Waals surface area (Å²) in [5, 5.41) is 8.32. The van der Waals surface area contributed by atoms with Gasteiger partial charge in [-0.2, -0.15) is 5.26 Å². The van der Waals surface area contributed by atoms with Crippen molar-refractivity contribution in [1.29, 1.82) is 5.26 Å². The van der Waals surface area contributed by atoms with Gasteiger partial charge in [0.15, 0.2) is 6.19 Å². The third-order valence-electron chi connectivity index (χ3n) is 1.18. The number of aromatic nitrogens is 1. The van der Waals surface area contributed by atoms with Crippen LogP contribution < -0.4 is 5.56 Å². The summed E-state index contributed by atoms with van der Waals surface area (Å²) in [7, 11) is 0. The van der Waals surface area contributed by atoms with Crippen molar-refractivity contribution in [2.24, 2.45) is 0 Å². The van der Waals surface area contributed by atoms with Crippen molar-refractivity contribution in [2.75, 3.05) is 0 Å². The molecule has 0 radical (unpaired) electrons. The van der Waals surface area contributed by atoms with Gasteiger partial charge in [-0.3, -0.25) is 4.79 Å². The molecule has 50 valence electrons. The lowest BCUT2D eigenvalue weighted by molar-refractivity contribution is 1.00. The third kappa shape index (κ3) is 1.06. The van der Waals surface area contributed by atoms with E-state index < -0.39 is 0 Å². The highest BCUT2D eigenvalue weighted by atomic mass is 16.1. The summed E-state index contributed by atoms with van der Waals surface area (Å²) in [4.78, 5) is 10.8. The molecule has 1 heterocycles. The summed E-state index contributed by atoms with van der Waals surface area (Å²) >= 11 is 0. The second kappa shape index (κ2) is 2.36. The van der Waals surface area contributed by atoms with Crippen LogP contribution in [0.15, 0.2) is 23.1 Å². The standard InChI is InChI=1S/C7H6N2O/c1-6-2-3-9(5-8)7(10)4-6/h2-4H,1H3. The quantitative estimate of drug-likeness (QED) is 0.518. The Morgan fingerprint density at radius 2 is 2.40 bits per heavy atom. The van der Waals surface area contributed by atoms with E-state index in [4.69, 9.17) is 5.26 Å². The van der Waals surface area contributed by atoms with E-state index in [1.807, 2.05) is 6.92 Å². The summed E-state index contributed by atoms with van der Waals surface area (Å²) in [6, 6.07) is 3.13. The van der Waals surface area contributed by atoms with Gasteiger partial charge in [-0.25, -0.2) is 4.57 Å². The third-order valence-corrected chi connectivity index (χ3v) is 1.18. The Morgan fingerprint density at radius 1 is 1.70 bits per heavy atom. The molecule has 0 fully saturated rings.